The lowest BCUT2D eigenvalue weighted by atomic mass is 10.1. The molecule has 0 bridgehead atoms. The molecule has 0 aliphatic heterocycles. The predicted molar refractivity (Wildman–Crippen MR) is 80.3 cm³/mol. The maximum atomic E-state index is 14.1. The van der Waals surface area contributed by atoms with Gasteiger partial charge in [0.2, 0.25) is 5.88 Å². The van der Waals surface area contributed by atoms with Crippen LogP contribution in [0.1, 0.15) is 17.4 Å². The number of rotatable bonds is 3. The molecule has 0 atom stereocenters. The zero-order valence-electron chi connectivity index (χ0n) is 12.1. The standard InChI is InChI=1S/C16H11FN4O3/c17-13-5-9(6-18)1-3-11(13)12-8-20-21(15(12)22)14-4-2-10(7-19-14)16(23)24/h1-5,7-8,16,22-24H. The monoisotopic (exact) mass is 326 g/mol. The van der Waals surface area contributed by atoms with Gasteiger partial charge in [-0.1, -0.05) is 0 Å². The molecule has 0 aliphatic carbocycles. The molecular formula is C16H11FN4O3. The average molecular weight is 326 g/mol. The number of pyridine rings is 1. The van der Waals surface area contributed by atoms with Crippen molar-refractivity contribution in [2.45, 2.75) is 6.29 Å². The smallest absolute Gasteiger partial charge is 0.223 e. The van der Waals surface area contributed by atoms with Crippen molar-refractivity contribution < 1.29 is 19.7 Å². The third-order valence-electron chi connectivity index (χ3n) is 3.42. The molecule has 0 aliphatic rings. The number of aliphatic hydroxyl groups is 2. The highest BCUT2D eigenvalue weighted by atomic mass is 19.1. The van der Waals surface area contributed by atoms with Crippen molar-refractivity contribution in [3.05, 3.63) is 59.7 Å². The Bertz CT molecular complexity index is 929. The van der Waals surface area contributed by atoms with E-state index in [1.807, 2.05) is 6.07 Å². The van der Waals surface area contributed by atoms with Crippen molar-refractivity contribution in [1.82, 2.24) is 14.8 Å². The second-order valence-corrected chi connectivity index (χ2v) is 4.92. The van der Waals surface area contributed by atoms with E-state index in [0.29, 0.717) is 0 Å². The topological polar surface area (TPSA) is 115 Å². The maximum absolute atomic E-state index is 14.1. The molecule has 2 aromatic heterocycles. The summed E-state index contributed by atoms with van der Waals surface area (Å²) < 4.78 is 15.2. The quantitative estimate of drug-likeness (QED) is 0.630. The summed E-state index contributed by atoms with van der Waals surface area (Å²) in [6, 6.07) is 8.57. The molecule has 1 aromatic carbocycles. The van der Waals surface area contributed by atoms with E-state index >= 15 is 0 Å². The van der Waals surface area contributed by atoms with Gasteiger partial charge in [0.05, 0.1) is 23.4 Å². The van der Waals surface area contributed by atoms with Crippen LogP contribution in [0.3, 0.4) is 0 Å². The lowest BCUT2D eigenvalue weighted by Gasteiger charge is -2.06. The van der Waals surface area contributed by atoms with E-state index < -0.39 is 12.1 Å². The first-order valence-corrected chi connectivity index (χ1v) is 6.80. The van der Waals surface area contributed by atoms with Crippen LogP contribution < -0.4 is 0 Å². The minimum Gasteiger partial charge on any atom is -0.493 e. The van der Waals surface area contributed by atoms with Gasteiger partial charge >= 0.3 is 0 Å². The number of hydrogen-bond acceptors (Lipinski definition) is 6. The van der Waals surface area contributed by atoms with E-state index in [0.717, 1.165) is 10.7 Å². The highest BCUT2D eigenvalue weighted by molar-refractivity contribution is 5.69. The lowest BCUT2D eigenvalue weighted by molar-refractivity contribution is -0.0427. The molecule has 3 N–H and O–H groups in total. The first-order chi connectivity index (χ1) is 11.5. The molecule has 0 spiro atoms. The van der Waals surface area contributed by atoms with E-state index in [1.54, 1.807) is 0 Å². The summed E-state index contributed by atoms with van der Waals surface area (Å²) in [6.07, 6.45) is 0.848. The predicted octanol–water partition coefficient (Wildman–Crippen LogP) is 1.63. The minimum absolute atomic E-state index is 0.0974. The van der Waals surface area contributed by atoms with Crippen molar-refractivity contribution in [1.29, 1.82) is 5.26 Å². The van der Waals surface area contributed by atoms with E-state index in [2.05, 4.69) is 10.1 Å². The summed E-state index contributed by atoms with van der Waals surface area (Å²) in [4.78, 5) is 3.97. The summed E-state index contributed by atoms with van der Waals surface area (Å²) in [6.45, 7) is 0. The lowest BCUT2D eigenvalue weighted by Crippen LogP contribution is -2.01. The molecule has 3 aromatic rings. The van der Waals surface area contributed by atoms with Crippen LogP contribution in [-0.4, -0.2) is 30.1 Å². The number of hydrogen-bond donors (Lipinski definition) is 3. The fraction of sp³-hybridized carbons (Fsp3) is 0.0625. The highest BCUT2D eigenvalue weighted by Crippen LogP contribution is 2.32. The van der Waals surface area contributed by atoms with Crippen LogP contribution in [-0.2, 0) is 0 Å². The van der Waals surface area contributed by atoms with Gasteiger partial charge in [0.25, 0.3) is 0 Å². The van der Waals surface area contributed by atoms with Gasteiger partial charge in [-0.25, -0.2) is 9.37 Å². The average Bonchev–Trinajstić information content (AvgIpc) is 2.96. The zero-order chi connectivity index (χ0) is 17.3. The molecule has 0 radical (unpaired) electrons. The third-order valence-corrected chi connectivity index (χ3v) is 3.42. The molecule has 8 heteroatoms. The minimum atomic E-state index is -1.65. The largest absolute Gasteiger partial charge is 0.493 e. The van der Waals surface area contributed by atoms with Gasteiger partial charge in [-0.2, -0.15) is 15.0 Å². The van der Waals surface area contributed by atoms with Crippen molar-refractivity contribution in [3.63, 3.8) is 0 Å². The van der Waals surface area contributed by atoms with Crippen LogP contribution >= 0.6 is 0 Å². The SMILES string of the molecule is N#Cc1ccc(-c2cnn(-c3ccc(C(O)O)cn3)c2O)c(F)c1. The summed E-state index contributed by atoms with van der Waals surface area (Å²) in [5, 5.41) is 41.1. The van der Waals surface area contributed by atoms with Gasteiger partial charge in [0.1, 0.15) is 5.82 Å². The first-order valence-electron chi connectivity index (χ1n) is 6.80. The van der Waals surface area contributed by atoms with Crippen LogP contribution in [0.25, 0.3) is 16.9 Å². The second-order valence-electron chi connectivity index (χ2n) is 4.92. The van der Waals surface area contributed by atoms with Crippen molar-refractivity contribution in [2.24, 2.45) is 0 Å². The highest BCUT2D eigenvalue weighted by Gasteiger charge is 2.17. The first kappa shape index (κ1) is 15.6. The van der Waals surface area contributed by atoms with Crippen molar-refractivity contribution in [2.75, 3.05) is 0 Å². The van der Waals surface area contributed by atoms with Crippen LogP contribution in [0.4, 0.5) is 4.39 Å². The van der Waals surface area contributed by atoms with E-state index in [-0.39, 0.29) is 34.0 Å². The maximum Gasteiger partial charge on any atom is 0.223 e. The summed E-state index contributed by atoms with van der Waals surface area (Å²) in [5.41, 5.74) is 0.594. The van der Waals surface area contributed by atoms with Gasteiger partial charge in [-0.05, 0) is 30.3 Å². The number of halogens is 1. The number of aromatic hydroxyl groups is 1. The molecule has 0 unspecified atom stereocenters. The zero-order valence-corrected chi connectivity index (χ0v) is 12.1. The Hall–Kier alpha value is -3.28. The summed E-state index contributed by atoms with van der Waals surface area (Å²) >= 11 is 0. The Kier molecular flexibility index (Phi) is 3.95. The Morgan fingerprint density at radius 3 is 2.50 bits per heavy atom. The third kappa shape index (κ3) is 2.69. The molecule has 0 saturated carbocycles. The van der Waals surface area contributed by atoms with Crippen LogP contribution in [0.15, 0.2) is 42.7 Å². The molecule has 2 heterocycles. The molecule has 0 fully saturated rings. The number of nitriles is 1. The Morgan fingerprint density at radius 1 is 1.12 bits per heavy atom. The molecular weight excluding hydrogens is 315 g/mol. The Balaban J connectivity index is 2.01. The summed E-state index contributed by atoms with van der Waals surface area (Å²) in [7, 11) is 0. The fourth-order valence-electron chi connectivity index (χ4n) is 2.18. The number of benzene rings is 1. The Labute approximate surface area is 135 Å². The van der Waals surface area contributed by atoms with Crippen LogP contribution in [0, 0.1) is 17.1 Å². The van der Waals surface area contributed by atoms with E-state index in [1.165, 1.54) is 36.7 Å². The Morgan fingerprint density at radius 2 is 1.92 bits per heavy atom. The molecule has 24 heavy (non-hydrogen) atoms. The van der Waals surface area contributed by atoms with Crippen LogP contribution in [0.5, 0.6) is 5.88 Å². The number of aromatic nitrogens is 3. The van der Waals surface area contributed by atoms with Gasteiger partial charge in [-0.15, -0.1) is 0 Å². The van der Waals surface area contributed by atoms with E-state index in [9.17, 15) is 9.50 Å². The molecule has 0 amide bonds. The summed E-state index contributed by atoms with van der Waals surface area (Å²) in [5.74, 6) is -0.767. The molecule has 7 nitrogen and oxygen atoms in total. The number of aliphatic hydroxyl groups excluding tert-OH is 1. The van der Waals surface area contributed by atoms with Gasteiger partial charge in [0.15, 0.2) is 12.1 Å². The molecule has 3 rings (SSSR count). The van der Waals surface area contributed by atoms with Crippen molar-refractivity contribution in [3.8, 4) is 28.9 Å². The molecule has 0 saturated heterocycles. The van der Waals surface area contributed by atoms with E-state index in [4.69, 9.17) is 15.5 Å². The van der Waals surface area contributed by atoms with Gasteiger partial charge in [-0.3, -0.25) is 0 Å². The normalized spacial score (nSPS) is 10.8. The second kappa shape index (κ2) is 6.08. The molecule has 120 valence electrons. The van der Waals surface area contributed by atoms with Gasteiger partial charge in [0, 0.05) is 17.3 Å². The van der Waals surface area contributed by atoms with Crippen molar-refractivity contribution >= 4 is 0 Å². The van der Waals surface area contributed by atoms with Gasteiger partial charge < -0.3 is 15.3 Å². The number of nitrogens with zero attached hydrogens (tertiary/aromatic N) is 4. The van der Waals surface area contributed by atoms with Crippen LogP contribution in [0.2, 0.25) is 0 Å². The fourth-order valence-corrected chi connectivity index (χ4v) is 2.18.